The van der Waals surface area contributed by atoms with Gasteiger partial charge in [-0.15, -0.1) is 0 Å². The number of rotatable bonds is 5. The molecule has 2 aromatic carbocycles. The van der Waals surface area contributed by atoms with Crippen LogP contribution in [0.25, 0.3) is 0 Å². The van der Waals surface area contributed by atoms with Gasteiger partial charge in [-0.1, -0.05) is 6.08 Å². The molecule has 35 heavy (non-hydrogen) atoms. The lowest BCUT2D eigenvalue weighted by Gasteiger charge is -2.30. The van der Waals surface area contributed by atoms with Crippen LogP contribution in [-0.4, -0.2) is 51.8 Å². The van der Waals surface area contributed by atoms with Crippen LogP contribution in [-0.2, 0) is 14.4 Å². The van der Waals surface area contributed by atoms with Gasteiger partial charge >= 0.3 is 5.97 Å². The first kappa shape index (κ1) is 22.1. The van der Waals surface area contributed by atoms with E-state index in [4.69, 9.17) is 4.74 Å². The van der Waals surface area contributed by atoms with Crippen LogP contribution in [0, 0.1) is 22.0 Å². The molecule has 3 aliphatic rings. The number of amides is 2. The first-order valence-electron chi connectivity index (χ1n) is 10.7. The topological polar surface area (TPSA) is 139 Å². The van der Waals surface area contributed by atoms with Crippen LogP contribution >= 0.6 is 0 Å². The number of nitro benzene ring substituents is 1. The molecule has 2 fully saturated rings. The minimum atomic E-state index is -1.04. The van der Waals surface area contributed by atoms with Crippen molar-refractivity contribution >= 4 is 41.2 Å². The van der Waals surface area contributed by atoms with Crippen LogP contribution in [0.4, 0.5) is 11.4 Å². The number of hydrogen-bond acceptors (Lipinski definition) is 9. The van der Waals surface area contributed by atoms with E-state index in [-0.39, 0.29) is 22.7 Å². The average molecular weight is 474 g/mol. The highest BCUT2D eigenvalue weighted by molar-refractivity contribution is 6.24. The van der Waals surface area contributed by atoms with E-state index in [0.29, 0.717) is 0 Å². The first-order chi connectivity index (χ1) is 16.8. The van der Waals surface area contributed by atoms with Crippen LogP contribution in [0.3, 0.4) is 0 Å². The van der Waals surface area contributed by atoms with Crippen LogP contribution in [0.15, 0.2) is 65.8 Å². The second kappa shape index (κ2) is 8.28. The Bertz CT molecular complexity index is 1320. The molecule has 0 unspecified atom stereocenters. The van der Waals surface area contributed by atoms with Gasteiger partial charge < -0.3 is 4.74 Å². The summed E-state index contributed by atoms with van der Waals surface area (Å²) >= 11 is 0. The van der Waals surface area contributed by atoms with Crippen LogP contribution in [0.5, 0.6) is 5.75 Å². The van der Waals surface area contributed by atoms with E-state index in [1.54, 1.807) is 12.2 Å². The van der Waals surface area contributed by atoms with E-state index in [1.807, 2.05) is 0 Å². The number of benzene rings is 2. The molecule has 0 N–H and O–H groups in total. The quantitative estimate of drug-likeness (QED) is 0.160. The number of non-ortho nitro benzene ring substituents is 1. The Kier molecular flexibility index (Phi) is 5.24. The van der Waals surface area contributed by atoms with E-state index >= 15 is 0 Å². The minimum Gasteiger partial charge on any atom is -0.427 e. The zero-order valence-corrected chi connectivity index (χ0v) is 18.3. The second-order valence-corrected chi connectivity index (χ2v) is 8.28. The summed E-state index contributed by atoms with van der Waals surface area (Å²) in [6.07, 6.45) is 4.88. The zero-order valence-electron chi connectivity index (χ0n) is 18.3. The van der Waals surface area contributed by atoms with E-state index < -0.39 is 52.4 Å². The van der Waals surface area contributed by atoms with Crippen molar-refractivity contribution in [1.29, 1.82) is 0 Å². The maximum Gasteiger partial charge on any atom is 0.308 e. The van der Waals surface area contributed by atoms with E-state index in [1.165, 1.54) is 66.7 Å². The van der Waals surface area contributed by atoms with Crippen molar-refractivity contribution in [3.8, 4) is 5.75 Å². The number of allylic oxidation sites excluding steroid dienone is 1. The molecule has 2 amide bonds. The molecular formula is C24H18N4O7. The van der Waals surface area contributed by atoms with E-state index in [9.17, 15) is 29.3 Å². The smallest absolute Gasteiger partial charge is 0.308 e. The number of hydrazone groups is 1. The fraction of sp³-hybridized carbons (Fsp3) is 0.208. The number of ketones is 1. The Hall–Kier alpha value is -4.67. The number of imide groups is 1. The number of carbonyl (C=O) groups excluding carboxylic acids is 4. The Morgan fingerprint density at radius 1 is 1.00 bits per heavy atom. The normalized spacial score (nSPS) is 24.4. The lowest BCUT2D eigenvalue weighted by atomic mass is 9.86. The van der Waals surface area contributed by atoms with Crippen molar-refractivity contribution in [1.82, 2.24) is 5.01 Å². The molecule has 176 valence electrons. The van der Waals surface area contributed by atoms with Gasteiger partial charge in [-0.2, -0.15) is 5.10 Å². The predicted octanol–water partition coefficient (Wildman–Crippen LogP) is 2.12. The van der Waals surface area contributed by atoms with E-state index in [0.717, 1.165) is 4.90 Å². The molecule has 0 radical (unpaired) electrons. The van der Waals surface area contributed by atoms with Crippen molar-refractivity contribution in [2.75, 3.05) is 4.90 Å². The number of anilines is 1. The maximum absolute atomic E-state index is 13.6. The summed E-state index contributed by atoms with van der Waals surface area (Å²) in [5.74, 6) is -3.54. The molecule has 11 nitrogen and oxygen atoms in total. The third-order valence-electron chi connectivity index (χ3n) is 6.28. The van der Waals surface area contributed by atoms with Gasteiger partial charge in [0.2, 0.25) is 11.8 Å². The number of carbonyl (C=O) groups is 4. The summed E-state index contributed by atoms with van der Waals surface area (Å²) in [4.78, 5) is 63.1. The summed E-state index contributed by atoms with van der Waals surface area (Å²) in [7, 11) is 0. The highest BCUT2D eigenvalue weighted by Crippen LogP contribution is 2.46. The largest absolute Gasteiger partial charge is 0.427 e. The number of nitrogens with zero attached hydrogens (tertiary/aromatic N) is 4. The molecular weight excluding hydrogens is 456 g/mol. The number of hydrogen-bond donors (Lipinski definition) is 0. The monoisotopic (exact) mass is 474 g/mol. The molecule has 0 aromatic heterocycles. The number of ether oxygens (including phenoxy) is 1. The number of esters is 1. The number of nitro groups is 1. The summed E-state index contributed by atoms with van der Waals surface area (Å²) in [5.41, 5.74) is 0.296. The van der Waals surface area contributed by atoms with Crippen LogP contribution in [0.2, 0.25) is 0 Å². The Morgan fingerprint density at radius 2 is 1.66 bits per heavy atom. The Balaban J connectivity index is 1.50. The van der Waals surface area contributed by atoms with Gasteiger partial charge in [-0.25, -0.2) is 4.90 Å². The van der Waals surface area contributed by atoms with Crippen LogP contribution < -0.4 is 9.64 Å². The summed E-state index contributed by atoms with van der Waals surface area (Å²) in [5, 5.41) is 16.8. The molecule has 11 heteroatoms. The van der Waals surface area contributed by atoms with Crippen molar-refractivity contribution < 1.29 is 28.8 Å². The zero-order chi connectivity index (χ0) is 24.9. The molecule has 0 aliphatic carbocycles. The lowest BCUT2D eigenvalue weighted by molar-refractivity contribution is -0.384. The van der Waals surface area contributed by atoms with Gasteiger partial charge in [0.1, 0.15) is 11.8 Å². The summed E-state index contributed by atoms with van der Waals surface area (Å²) in [6, 6.07) is 9.40. The molecule has 2 aromatic rings. The Labute approximate surface area is 198 Å². The fourth-order valence-corrected chi connectivity index (χ4v) is 4.84. The van der Waals surface area contributed by atoms with Gasteiger partial charge in [0, 0.05) is 30.8 Å². The van der Waals surface area contributed by atoms with Gasteiger partial charge in [0.05, 0.1) is 28.5 Å². The third-order valence-corrected chi connectivity index (χ3v) is 6.28. The predicted molar refractivity (Wildman–Crippen MR) is 122 cm³/mol. The first-order valence-corrected chi connectivity index (χ1v) is 10.7. The fourth-order valence-electron chi connectivity index (χ4n) is 4.84. The van der Waals surface area contributed by atoms with Gasteiger partial charge in [0.15, 0.2) is 5.78 Å². The number of Topliss-reactive ketones (excluding diaryl/α,β-unsaturated/α-hetero) is 1. The van der Waals surface area contributed by atoms with E-state index in [2.05, 4.69) is 5.10 Å². The van der Waals surface area contributed by atoms with Crippen molar-refractivity contribution in [2.24, 2.45) is 16.9 Å². The molecule has 3 aliphatic heterocycles. The standard InChI is InChI=1S/C24H18N4O7/c1-13(29)35-17-10-4-14(5-11-17)22(30)21-20-19(18-3-2-12-25-27(18)21)23(31)26(24(20)32)15-6-8-16(9-7-15)28(33)34/h2-12,18-21H,1H3/t18-,19+,20-,21+/m1/s1. The van der Waals surface area contributed by atoms with Gasteiger partial charge in [-0.05, 0) is 42.5 Å². The molecule has 4 atom stereocenters. The van der Waals surface area contributed by atoms with Gasteiger partial charge in [-0.3, -0.25) is 34.3 Å². The van der Waals surface area contributed by atoms with Crippen molar-refractivity contribution in [2.45, 2.75) is 19.0 Å². The summed E-state index contributed by atoms with van der Waals surface area (Å²) in [6.45, 7) is 1.26. The molecule has 0 saturated carbocycles. The third kappa shape index (κ3) is 3.57. The maximum atomic E-state index is 13.6. The second-order valence-electron chi connectivity index (χ2n) is 8.28. The number of fused-ring (bicyclic) bond motifs is 3. The lowest BCUT2D eigenvalue weighted by Crippen LogP contribution is -2.46. The Morgan fingerprint density at radius 3 is 2.29 bits per heavy atom. The van der Waals surface area contributed by atoms with Crippen molar-refractivity contribution in [3.63, 3.8) is 0 Å². The summed E-state index contributed by atoms with van der Waals surface area (Å²) < 4.78 is 5.01. The molecule has 0 bridgehead atoms. The van der Waals surface area contributed by atoms with Gasteiger partial charge in [0.25, 0.3) is 5.69 Å². The molecule has 5 rings (SSSR count). The average Bonchev–Trinajstić information content (AvgIpc) is 3.31. The molecule has 2 saturated heterocycles. The molecule has 3 heterocycles. The minimum absolute atomic E-state index is 0.172. The highest BCUT2D eigenvalue weighted by Gasteiger charge is 2.64. The SMILES string of the molecule is CC(=O)Oc1ccc(C(=O)[C@@H]2[C@@H]3C(=O)N(c4ccc([N+](=O)[O-])cc4)C(=O)[C@H]3[C@H]3C=CC=NN32)cc1. The van der Waals surface area contributed by atoms with Crippen LogP contribution in [0.1, 0.15) is 17.3 Å². The highest BCUT2D eigenvalue weighted by atomic mass is 16.6. The molecule has 0 spiro atoms. The van der Waals surface area contributed by atoms with Crippen molar-refractivity contribution in [3.05, 3.63) is 76.4 Å².